The number of esters is 1. The summed E-state index contributed by atoms with van der Waals surface area (Å²) >= 11 is 0. The summed E-state index contributed by atoms with van der Waals surface area (Å²) in [6.07, 6.45) is 5.32. The third-order valence-electron chi connectivity index (χ3n) is 3.33. The lowest BCUT2D eigenvalue weighted by Gasteiger charge is -2.16. The van der Waals surface area contributed by atoms with Gasteiger partial charge in [-0.15, -0.1) is 0 Å². The van der Waals surface area contributed by atoms with E-state index in [9.17, 15) is 4.79 Å². The summed E-state index contributed by atoms with van der Waals surface area (Å²) in [6.45, 7) is 0. The van der Waals surface area contributed by atoms with Crippen molar-refractivity contribution in [2.45, 2.75) is 12.8 Å². The molecule has 0 unspecified atom stereocenters. The quantitative estimate of drug-likeness (QED) is 0.710. The van der Waals surface area contributed by atoms with Crippen molar-refractivity contribution in [1.82, 2.24) is 14.8 Å². The molecule has 1 aliphatic carbocycles. The molecule has 0 N–H and O–H groups in total. The molecule has 0 radical (unpaired) electrons. The highest BCUT2D eigenvalue weighted by Crippen LogP contribution is 2.34. The van der Waals surface area contributed by atoms with Gasteiger partial charge in [-0.2, -0.15) is 5.10 Å². The highest BCUT2D eigenvalue weighted by atomic mass is 16.5. The van der Waals surface area contributed by atoms with E-state index in [4.69, 9.17) is 4.74 Å². The first kappa shape index (κ1) is 11.0. The van der Waals surface area contributed by atoms with Gasteiger partial charge in [0.25, 0.3) is 0 Å². The fourth-order valence-electron chi connectivity index (χ4n) is 2.52. The maximum atomic E-state index is 11.7. The summed E-state index contributed by atoms with van der Waals surface area (Å²) in [5.41, 5.74) is 4.71. The second-order valence-electron chi connectivity index (χ2n) is 4.32. The smallest absolute Gasteiger partial charge is 0.358 e. The molecule has 0 fully saturated rings. The molecule has 0 atom stereocenters. The largest absolute Gasteiger partial charge is 0.464 e. The lowest BCUT2D eigenvalue weighted by atomic mass is 9.90. The Bertz CT molecular complexity index is 631. The summed E-state index contributed by atoms with van der Waals surface area (Å²) in [6, 6.07) is 1.97. The van der Waals surface area contributed by atoms with Gasteiger partial charge < -0.3 is 4.74 Å². The van der Waals surface area contributed by atoms with E-state index in [0.29, 0.717) is 5.69 Å². The Morgan fingerprint density at radius 3 is 3.06 bits per heavy atom. The molecular formula is C13H13N3O2. The van der Waals surface area contributed by atoms with Gasteiger partial charge in [0.05, 0.1) is 12.8 Å². The van der Waals surface area contributed by atoms with Crippen LogP contribution in [0.3, 0.4) is 0 Å². The Morgan fingerprint density at radius 1 is 1.44 bits per heavy atom. The van der Waals surface area contributed by atoms with Crippen LogP contribution in [0.15, 0.2) is 18.5 Å². The zero-order valence-corrected chi connectivity index (χ0v) is 10.3. The molecule has 0 bridgehead atoms. The molecule has 18 heavy (non-hydrogen) atoms. The normalized spacial score (nSPS) is 12.8. The van der Waals surface area contributed by atoms with Crippen molar-refractivity contribution < 1.29 is 9.53 Å². The number of fused-ring (bicyclic) bond motifs is 3. The number of aryl methyl sites for hydroxylation is 2. The minimum Gasteiger partial charge on any atom is -0.464 e. The molecule has 1 aliphatic rings. The number of rotatable bonds is 1. The molecule has 92 valence electrons. The van der Waals surface area contributed by atoms with Gasteiger partial charge in [-0.05, 0) is 24.5 Å². The van der Waals surface area contributed by atoms with Crippen molar-refractivity contribution in [3.8, 4) is 11.3 Å². The van der Waals surface area contributed by atoms with Crippen LogP contribution in [0.25, 0.3) is 11.3 Å². The molecule has 2 aromatic rings. The number of pyridine rings is 1. The number of carbonyl (C=O) groups is 1. The van der Waals surface area contributed by atoms with Gasteiger partial charge in [-0.3, -0.25) is 9.67 Å². The summed E-state index contributed by atoms with van der Waals surface area (Å²) in [4.78, 5) is 15.8. The highest BCUT2D eigenvalue weighted by molar-refractivity contribution is 5.92. The summed E-state index contributed by atoms with van der Waals surface area (Å²) in [7, 11) is 3.23. The molecule has 2 aromatic heterocycles. The van der Waals surface area contributed by atoms with E-state index in [0.717, 1.165) is 29.7 Å². The van der Waals surface area contributed by atoms with E-state index < -0.39 is 0 Å². The molecule has 5 nitrogen and oxygen atoms in total. The minimum absolute atomic E-state index is 0.371. The van der Waals surface area contributed by atoms with Gasteiger partial charge in [-0.25, -0.2) is 4.79 Å². The number of methoxy groups -OCH3 is 1. The first-order valence-corrected chi connectivity index (χ1v) is 5.80. The number of aromatic nitrogens is 3. The van der Waals surface area contributed by atoms with Gasteiger partial charge in [-0.1, -0.05) is 0 Å². The number of ether oxygens (including phenoxy) is 1. The summed E-state index contributed by atoms with van der Waals surface area (Å²) in [5.74, 6) is -0.371. The van der Waals surface area contributed by atoms with Crippen molar-refractivity contribution in [3.63, 3.8) is 0 Å². The maximum absolute atomic E-state index is 11.7. The van der Waals surface area contributed by atoms with E-state index in [2.05, 4.69) is 10.1 Å². The Balaban J connectivity index is 2.23. The van der Waals surface area contributed by atoms with Gasteiger partial charge in [0.15, 0.2) is 5.69 Å². The molecule has 0 saturated carbocycles. The predicted molar refractivity (Wildman–Crippen MR) is 65.2 cm³/mol. The molecule has 0 spiro atoms. The Morgan fingerprint density at radius 2 is 2.28 bits per heavy atom. The maximum Gasteiger partial charge on any atom is 0.358 e. The lowest BCUT2D eigenvalue weighted by Crippen LogP contribution is -2.09. The van der Waals surface area contributed by atoms with Crippen molar-refractivity contribution in [2.75, 3.05) is 7.11 Å². The minimum atomic E-state index is -0.371. The second-order valence-corrected chi connectivity index (χ2v) is 4.32. The molecule has 5 heteroatoms. The van der Waals surface area contributed by atoms with Crippen molar-refractivity contribution in [2.24, 2.45) is 7.05 Å². The SMILES string of the molecule is COC(=O)c1nn(C)c2c1CCc1cnccc1-2. The van der Waals surface area contributed by atoms with Crippen LogP contribution in [0.2, 0.25) is 0 Å². The van der Waals surface area contributed by atoms with Crippen LogP contribution in [0, 0.1) is 0 Å². The summed E-state index contributed by atoms with van der Waals surface area (Å²) in [5, 5.41) is 4.28. The van der Waals surface area contributed by atoms with Crippen LogP contribution in [0.1, 0.15) is 21.6 Å². The second kappa shape index (κ2) is 3.94. The van der Waals surface area contributed by atoms with E-state index in [1.54, 1.807) is 10.9 Å². The fraction of sp³-hybridized carbons (Fsp3) is 0.308. The zero-order valence-electron chi connectivity index (χ0n) is 10.3. The van der Waals surface area contributed by atoms with Gasteiger partial charge >= 0.3 is 5.97 Å². The molecule has 0 amide bonds. The van der Waals surface area contributed by atoms with E-state index in [1.807, 2.05) is 19.3 Å². The van der Waals surface area contributed by atoms with Crippen LogP contribution < -0.4 is 0 Å². The topological polar surface area (TPSA) is 57.0 Å². The molecule has 0 aromatic carbocycles. The molecule has 0 aliphatic heterocycles. The molecular weight excluding hydrogens is 230 g/mol. The average molecular weight is 243 g/mol. The third-order valence-corrected chi connectivity index (χ3v) is 3.33. The number of carbonyl (C=O) groups excluding carboxylic acids is 1. The lowest BCUT2D eigenvalue weighted by molar-refractivity contribution is 0.0592. The standard InChI is InChI=1S/C13H13N3O2/c1-16-12-9-5-6-14-7-8(9)3-4-10(12)11(15-16)13(17)18-2/h5-7H,3-4H2,1-2H3. The van der Waals surface area contributed by atoms with Crippen molar-refractivity contribution in [1.29, 1.82) is 0 Å². The predicted octanol–water partition coefficient (Wildman–Crippen LogP) is 1.37. The van der Waals surface area contributed by atoms with Crippen LogP contribution in [0.4, 0.5) is 0 Å². The van der Waals surface area contributed by atoms with Gasteiger partial charge in [0, 0.05) is 30.6 Å². The molecule has 2 heterocycles. The zero-order chi connectivity index (χ0) is 12.7. The number of hydrogen-bond donors (Lipinski definition) is 0. The highest BCUT2D eigenvalue weighted by Gasteiger charge is 2.27. The van der Waals surface area contributed by atoms with Crippen LogP contribution >= 0.6 is 0 Å². The van der Waals surface area contributed by atoms with E-state index >= 15 is 0 Å². The fourth-order valence-corrected chi connectivity index (χ4v) is 2.52. The summed E-state index contributed by atoms with van der Waals surface area (Å²) < 4.78 is 6.53. The number of hydrogen-bond acceptors (Lipinski definition) is 4. The van der Waals surface area contributed by atoms with Gasteiger partial charge in [0.1, 0.15) is 0 Å². The monoisotopic (exact) mass is 243 g/mol. The average Bonchev–Trinajstić information content (AvgIpc) is 2.76. The van der Waals surface area contributed by atoms with Crippen LogP contribution in [0.5, 0.6) is 0 Å². The van der Waals surface area contributed by atoms with Crippen LogP contribution in [-0.2, 0) is 24.6 Å². The Labute approximate surface area is 104 Å². The third kappa shape index (κ3) is 1.44. The first-order chi connectivity index (χ1) is 8.72. The van der Waals surface area contributed by atoms with E-state index in [1.165, 1.54) is 12.7 Å². The van der Waals surface area contributed by atoms with Crippen LogP contribution in [-0.4, -0.2) is 27.8 Å². The van der Waals surface area contributed by atoms with Crippen molar-refractivity contribution >= 4 is 5.97 Å². The Hall–Kier alpha value is -2.17. The van der Waals surface area contributed by atoms with Gasteiger partial charge in [0.2, 0.25) is 0 Å². The van der Waals surface area contributed by atoms with E-state index in [-0.39, 0.29) is 5.97 Å². The molecule has 3 rings (SSSR count). The number of nitrogens with zero attached hydrogens (tertiary/aromatic N) is 3. The first-order valence-electron chi connectivity index (χ1n) is 5.80. The Kier molecular flexibility index (Phi) is 2.40. The molecule has 0 saturated heterocycles. The van der Waals surface area contributed by atoms with Crippen molar-refractivity contribution in [3.05, 3.63) is 35.3 Å².